The molecule has 0 radical (unpaired) electrons. The summed E-state index contributed by atoms with van der Waals surface area (Å²) in [5.41, 5.74) is 2.94. The molecule has 0 spiro atoms. The standard InChI is InChI=1S/C8H7NS.C8H7N.C8H8O2S.3C2H6.CH4S.Na/c1-10-8-4-2-3-7(5-8)6-9;1-7-3-2-4-8(5-7)6-9;1-11-7-4-2-3-6(5-7)8(9)10;4*1-2;/h2-5H,1H3;2-5H,1H3;2-5H,1H3,(H,9,10);3*1-2H3;2H,1H3;/q;;;;;;;+1. The van der Waals surface area contributed by atoms with Crippen molar-refractivity contribution in [3.8, 4) is 12.1 Å². The van der Waals surface area contributed by atoms with Gasteiger partial charge in [-0.15, -0.1) is 23.5 Å². The van der Waals surface area contributed by atoms with E-state index in [2.05, 4.69) is 24.8 Å². The summed E-state index contributed by atoms with van der Waals surface area (Å²) in [5.74, 6) is -0.874. The second-order valence-corrected chi connectivity index (χ2v) is 7.62. The van der Waals surface area contributed by atoms with E-state index in [0.717, 1.165) is 26.5 Å². The van der Waals surface area contributed by atoms with Crippen LogP contribution in [0.5, 0.6) is 0 Å². The van der Waals surface area contributed by atoms with Crippen LogP contribution in [0, 0.1) is 29.6 Å². The van der Waals surface area contributed by atoms with Gasteiger partial charge in [0.05, 0.1) is 28.8 Å². The first-order chi connectivity index (χ1) is 18.4. The Kier molecular flexibility index (Phi) is 43.6. The Morgan fingerprint density at radius 3 is 1.46 bits per heavy atom. The van der Waals surface area contributed by atoms with Crippen molar-refractivity contribution in [3.63, 3.8) is 0 Å². The summed E-state index contributed by atoms with van der Waals surface area (Å²) in [4.78, 5) is 12.6. The van der Waals surface area contributed by atoms with Gasteiger partial charge in [-0.25, -0.2) is 4.79 Å². The zero-order valence-corrected chi connectivity index (χ0v) is 30.0. The maximum absolute atomic E-state index is 10.5. The smallest absolute Gasteiger partial charge is 0.478 e. The molecule has 0 aliphatic rings. The molecule has 0 saturated carbocycles. The normalized spacial score (nSPS) is 7.51. The van der Waals surface area contributed by atoms with Crippen LogP contribution >= 0.6 is 36.2 Å². The van der Waals surface area contributed by atoms with Gasteiger partial charge in [-0.3, -0.25) is 0 Å². The molecule has 0 heterocycles. The van der Waals surface area contributed by atoms with Crippen molar-refractivity contribution in [2.75, 3.05) is 18.8 Å². The number of benzene rings is 3. The fourth-order valence-electron chi connectivity index (χ4n) is 2.16. The van der Waals surface area contributed by atoms with Gasteiger partial charge in [0, 0.05) is 9.79 Å². The van der Waals surface area contributed by atoms with Gasteiger partial charge in [0.1, 0.15) is 0 Å². The Bertz CT molecular complexity index is 1070. The summed E-state index contributed by atoms with van der Waals surface area (Å²) in [5, 5.41) is 25.5. The Balaban J connectivity index is -0.000000130. The number of nitriles is 2. The Labute approximate surface area is 274 Å². The monoisotopic (exact) mass is 595 g/mol. The molecule has 8 heteroatoms. The van der Waals surface area contributed by atoms with E-state index in [1.165, 1.54) is 11.8 Å². The first-order valence-electron chi connectivity index (χ1n) is 12.3. The third-order valence-electron chi connectivity index (χ3n) is 3.66. The molecule has 3 aromatic rings. The van der Waals surface area contributed by atoms with E-state index in [0.29, 0.717) is 5.56 Å². The summed E-state index contributed by atoms with van der Waals surface area (Å²) >= 11 is 6.71. The van der Waals surface area contributed by atoms with Crippen LogP contribution in [0.1, 0.15) is 68.6 Å². The molecule has 3 aromatic carbocycles. The van der Waals surface area contributed by atoms with Crippen LogP contribution in [-0.4, -0.2) is 29.8 Å². The zero-order chi connectivity index (χ0) is 30.4. The number of hydrogen-bond acceptors (Lipinski definition) is 6. The van der Waals surface area contributed by atoms with Gasteiger partial charge in [-0.2, -0.15) is 23.2 Å². The number of carbonyl (C=O) groups is 1. The number of carboxylic acid groups (broad SMARTS) is 1. The van der Waals surface area contributed by atoms with Crippen LogP contribution < -0.4 is 29.6 Å². The van der Waals surface area contributed by atoms with E-state index >= 15 is 0 Å². The minimum Gasteiger partial charge on any atom is -0.478 e. The van der Waals surface area contributed by atoms with Crippen LogP contribution in [0.2, 0.25) is 0 Å². The molecule has 0 unspecified atom stereocenters. The molecule has 0 amide bonds. The second kappa shape index (κ2) is 36.2. The fourth-order valence-corrected chi connectivity index (χ4v) is 3.08. The van der Waals surface area contributed by atoms with Crippen LogP contribution in [0.15, 0.2) is 82.6 Å². The maximum atomic E-state index is 10.5. The molecule has 208 valence electrons. The molecule has 0 fully saturated rings. The van der Waals surface area contributed by atoms with Crippen molar-refractivity contribution >= 4 is 42.1 Å². The summed E-state index contributed by atoms with van der Waals surface area (Å²) in [6, 6.07) is 26.1. The molecule has 0 aliphatic heterocycles. The number of thiol groups is 1. The molecule has 0 aromatic heterocycles. The molecule has 39 heavy (non-hydrogen) atoms. The van der Waals surface area contributed by atoms with Crippen molar-refractivity contribution in [2.45, 2.75) is 58.3 Å². The van der Waals surface area contributed by atoms with E-state index in [1.54, 1.807) is 48.3 Å². The van der Waals surface area contributed by atoms with Gasteiger partial charge in [-0.05, 0) is 79.8 Å². The van der Waals surface area contributed by atoms with E-state index in [-0.39, 0.29) is 29.6 Å². The fraction of sp³-hybridized carbons (Fsp3) is 0.323. The van der Waals surface area contributed by atoms with Gasteiger partial charge in [-0.1, -0.05) is 65.8 Å². The second-order valence-electron chi connectivity index (χ2n) is 5.86. The van der Waals surface area contributed by atoms with Crippen LogP contribution in [0.4, 0.5) is 0 Å². The minimum atomic E-state index is -0.874. The molecule has 4 nitrogen and oxygen atoms in total. The van der Waals surface area contributed by atoms with Gasteiger partial charge in [0.25, 0.3) is 0 Å². The molecule has 0 saturated heterocycles. The van der Waals surface area contributed by atoms with E-state index < -0.39 is 5.97 Å². The minimum absolute atomic E-state index is 0. The Morgan fingerprint density at radius 1 is 0.718 bits per heavy atom. The molecule has 0 aliphatic carbocycles. The number of thioether (sulfide) groups is 2. The molecule has 0 bridgehead atoms. The summed E-state index contributed by atoms with van der Waals surface area (Å²) in [7, 11) is 0. The quantitative estimate of drug-likeness (QED) is 0.195. The molecule has 3 rings (SSSR count). The van der Waals surface area contributed by atoms with Gasteiger partial charge in [0.15, 0.2) is 0 Å². The SMILES string of the molecule is CC.CC.CC.CS.CSc1cccc(C#N)c1.CSc1cccc(C(=O)O)c1.Cc1cccc(C#N)c1.[Na+]. The maximum Gasteiger partial charge on any atom is 1.00 e. The van der Waals surface area contributed by atoms with E-state index in [1.807, 2.05) is 103 Å². The first kappa shape index (κ1) is 47.0. The number of hydrogen-bond donors (Lipinski definition) is 2. The Hall–Kier alpha value is -1.84. The average molecular weight is 596 g/mol. The van der Waals surface area contributed by atoms with Crippen LogP contribution in [0.25, 0.3) is 0 Å². The molecular formula is C31H44N2NaO2S3+. The van der Waals surface area contributed by atoms with Crippen molar-refractivity contribution in [3.05, 3.63) is 95.1 Å². The van der Waals surface area contributed by atoms with Crippen LogP contribution in [0.3, 0.4) is 0 Å². The van der Waals surface area contributed by atoms with Gasteiger partial charge >= 0.3 is 35.5 Å². The van der Waals surface area contributed by atoms with Crippen molar-refractivity contribution in [2.24, 2.45) is 0 Å². The van der Waals surface area contributed by atoms with Gasteiger partial charge < -0.3 is 5.11 Å². The van der Waals surface area contributed by atoms with Crippen LogP contribution in [-0.2, 0) is 0 Å². The van der Waals surface area contributed by atoms with E-state index in [4.69, 9.17) is 15.6 Å². The number of aromatic carboxylic acids is 1. The first-order valence-corrected chi connectivity index (χ1v) is 15.6. The van der Waals surface area contributed by atoms with E-state index in [9.17, 15) is 4.79 Å². The van der Waals surface area contributed by atoms with Crippen molar-refractivity contribution in [1.82, 2.24) is 0 Å². The number of carboxylic acids is 1. The molecule has 0 atom stereocenters. The largest absolute Gasteiger partial charge is 1.00 e. The summed E-state index contributed by atoms with van der Waals surface area (Å²) in [6.45, 7) is 14.0. The van der Waals surface area contributed by atoms with Gasteiger partial charge in [0.2, 0.25) is 0 Å². The summed E-state index contributed by atoms with van der Waals surface area (Å²) in [6.07, 6.45) is 5.61. The van der Waals surface area contributed by atoms with Crippen molar-refractivity contribution < 1.29 is 39.5 Å². The third-order valence-corrected chi connectivity index (χ3v) is 5.11. The average Bonchev–Trinajstić information content (AvgIpc) is 3.01. The number of aryl methyl sites for hydroxylation is 1. The topological polar surface area (TPSA) is 84.9 Å². The predicted molar refractivity (Wildman–Crippen MR) is 173 cm³/mol. The van der Waals surface area contributed by atoms with Crippen molar-refractivity contribution in [1.29, 1.82) is 10.5 Å². The Morgan fingerprint density at radius 2 is 1.10 bits per heavy atom. The number of nitrogens with zero attached hydrogens (tertiary/aromatic N) is 2. The molecule has 1 N–H and O–H groups in total. The zero-order valence-electron chi connectivity index (χ0n) is 25.4. The predicted octanol–water partition coefficient (Wildman–Crippen LogP) is 6.88. The molecular weight excluding hydrogens is 552 g/mol. The number of rotatable bonds is 3. The third kappa shape index (κ3) is 26.2. The summed E-state index contributed by atoms with van der Waals surface area (Å²) < 4.78 is 0.